The molecule has 0 bridgehead atoms. The van der Waals surface area contributed by atoms with Crippen LogP contribution in [0.2, 0.25) is 0 Å². The number of nitrogens with zero attached hydrogens (tertiary/aromatic N) is 3. The van der Waals surface area contributed by atoms with Crippen molar-refractivity contribution in [2.75, 3.05) is 0 Å². The average molecular weight is 413 g/mol. The Kier molecular flexibility index (Phi) is 6.08. The lowest BCUT2D eigenvalue weighted by atomic mass is 10.1. The number of aryl methyl sites for hydroxylation is 1. The van der Waals surface area contributed by atoms with Gasteiger partial charge >= 0.3 is 0 Å². The highest BCUT2D eigenvalue weighted by Gasteiger charge is 2.14. The second-order valence-electron chi connectivity index (χ2n) is 7.15. The molecule has 0 N–H and O–H groups in total. The smallest absolute Gasteiger partial charge is 0.254 e. The van der Waals surface area contributed by atoms with E-state index in [2.05, 4.69) is 9.97 Å². The molecule has 31 heavy (non-hydrogen) atoms. The van der Waals surface area contributed by atoms with Crippen LogP contribution in [0.3, 0.4) is 0 Å². The molecule has 0 spiro atoms. The first-order valence-electron chi connectivity index (χ1n) is 10.0. The van der Waals surface area contributed by atoms with Crippen LogP contribution in [0.15, 0.2) is 90.0 Å². The van der Waals surface area contributed by atoms with Crippen LogP contribution >= 0.6 is 0 Å². The molecule has 0 fully saturated rings. The summed E-state index contributed by atoms with van der Waals surface area (Å²) in [4.78, 5) is 21.1. The summed E-state index contributed by atoms with van der Waals surface area (Å²) in [6.45, 7) is 4.11. The maximum Gasteiger partial charge on any atom is 0.254 e. The molecule has 0 aliphatic heterocycles. The van der Waals surface area contributed by atoms with Crippen molar-refractivity contribution in [1.29, 1.82) is 0 Å². The summed E-state index contributed by atoms with van der Waals surface area (Å²) >= 11 is 0. The second-order valence-corrected chi connectivity index (χ2v) is 7.15. The summed E-state index contributed by atoms with van der Waals surface area (Å²) in [5, 5.41) is 0. The molecule has 4 rings (SSSR count). The zero-order chi connectivity index (χ0) is 21.6. The van der Waals surface area contributed by atoms with Crippen molar-refractivity contribution in [1.82, 2.24) is 14.5 Å². The lowest BCUT2D eigenvalue weighted by Crippen LogP contribution is -2.25. The first kappa shape index (κ1) is 20.3. The van der Waals surface area contributed by atoms with Gasteiger partial charge in [-0.3, -0.25) is 4.79 Å². The van der Waals surface area contributed by atoms with E-state index in [1.807, 2.05) is 74.5 Å². The van der Waals surface area contributed by atoms with Gasteiger partial charge in [0.1, 0.15) is 23.9 Å². The minimum absolute atomic E-state index is 0.124. The molecular weight excluding hydrogens is 390 g/mol. The van der Waals surface area contributed by atoms with Crippen molar-refractivity contribution in [2.45, 2.75) is 26.5 Å². The first-order valence-corrected chi connectivity index (χ1v) is 10.0. The van der Waals surface area contributed by atoms with E-state index in [0.717, 1.165) is 22.8 Å². The van der Waals surface area contributed by atoms with Gasteiger partial charge in [0.2, 0.25) is 0 Å². The number of rotatable bonds is 7. The van der Waals surface area contributed by atoms with Crippen LogP contribution in [0.5, 0.6) is 17.2 Å². The summed E-state index contributed by atoms with van der Waals surface area (Å²) < 4.78 is 13.3. The number of benzene rings is 2. The first-order chi connectivity index (χ1) is 15.1. The van der Waals surface area contributed by atoms with Crippen LogP contribution in [0.25, 0.3) is 0 Å². The molecule has 1 atom stereocenters. The van der Waals surface area contributed by atoms with Crippen LogP contribution in [-0.4, -0.2) is 14.5 Å². The van der Waals surface area contributed by atoms with E-state index in [9.17, 15) is 4.79 Å². The fourth-order valence-corrected chi connectivity index (χ4v) is 3.40. The third-order valence-corrected chi connectivity index (χ3v) is 4.95. The van der Waals surface area contributed by atoms with Crippen molar-refractivity contribution in [3.8, 4) is 17.2 Å². The monoisotopic (exact) mass is 413 g/mol. The summed E-state index contributed by atoms with van der Waals surface area (Å²) in [5.41, 5.74) is 1.70. The van der Waals surface area contributed by atoms with Gasteiger partial charge < -0.3 is 14.0 Å². The van der Waals surface area contributed by atoms with Crippen molar-refractivity contribution >= 4 is 0 Å². The molecule has 0 amide bonds. The fourth-order valence-electron chi connectivity index (χ4n) is 3.40. The predicted octanol–water partition coefficient (Wildman–Crippen LogP) is 4.93. The Morgan fingerprint density at radius 2 is 1.55 bits per heavy atom. The number of ether oxygens (including phenoxy) is 2. The summed E-state index contributed by atoms with van der Waals surface area (Å²) in [5.74, 6) is 2.60. The quantitative estimate of drug-likeness (QED) is 0.430. The zero-order valence-electron chi connectivity index (χ0n) is 17.4. The number of hydrogen-bond donors (Lipinski definition) is 0. The molecule has 6 nitrogen and oxygen atoms in total. The van der Waals surface area contributed by atoms with Gasteiger partial charge in [-0.25, -0.2) is 9.97 Å². The van der Waals surface area contributed by atoms with Crippen LogP contribution < -0.4 is 15.0 Å². The van der Waals surface area contributed by atoms with E-state index < -0.39 is 0 Å². The maximum absolute atomic E-state index is 12.8. The number of hydrogen-bond acceptors (Lipinski definition) is 5. The van der Waals surface area contributed by atoms with E-state index >= 15 is 0 Å². The molecule has 2 heterocycles. The van der Waals surface area contributed by atoms with E-state index in [0.29, 0.717) is 11.6 Å². The summed E-state index contributed by atoms with van der Waals surface area (Å²) in [7, 11) is 0. The molecule has 4 aromatic rings. The fraction of sp³-hybridized carbons (Fsp3) is 0.160. The lowest BCUT2D eigenvalue weighted by molar-refractivity contribution is 0.294. The van der Waals surface area contributed by atoms with Crippen LogP contribution in [-0.2, 0) is 6.61 Å². The Hall–Kier alpha value is -3.93. The minimum Gasteiger partial charge on any atom is -0.485 e. The van der Waals surface area contributed by atoms with E-state index in [1.54, 1.807) is 23.0 Å². The number of pyridine rings is 1. The number of para-hydroxylation sites is 1. The van der Waals surface area contributed by atoms with Gasteiger partial charge in [-0.1, -0.05) is 30.3 Å². The molecule has 0 aliphatic rings. The van der Waals surface area contributed by atoms with Gasteiger partial charge in [-0.05, 0) is 55.8 Å². The topological polar surface area (TPSA) is 66.2 Å². The summed E-state index contributed by atoms with van der Waals surface area (Å²) in [6.07, 6.45) is 3.32. The largest absolute Gasteiger partial charge is 0.485 e. The summed E-state index contributed by atoms with van der Waals surface area (Å²) in [6, 6.07) is 22.4. The van der Waals surface area contributed by atoms with Crippen molar-refractivity contribution in [3.63, 3.8) is 0 Å². The Labute approximate surface area is 180 Å². The van der Waals surface area contributed by atoms with Gasteiger partial charge in [0.05, 0.1) is 6.04 Å². The number of aromatic nitrogens is 3. The van der Waals surface area contributed by atoms with Crippen LogP contribution in [0.4, 0.5) is 0 Å². The Bertz CT molecular complexity index is 1190. The van der Waals surface area contributed by atoms with Crippen molar-refractivity contribution in [2.24, 2.45) is 0 Å². The van der Waals surface area contributed by atoms with E-state index in [-0.39, 0.29) is 18.2 Å². The SMILES string of the molecule is Cc1cc(OCc2ncccn2)cc(=O)n1[C@H](C)c1ccc(Oc2ccccc2)cc1. The van der Waals surface area contributed by atoms with Crippen LogP contribution in [0.1, 0.15) is 30.0 Å². The van der Waals surface area contributed by atoms with Gasteiger partial charge in [-0.15, -0.1) is 0 Å². The van der Waals surface area contributed by atoms with Gasteiger partial charge in [-0.2, -0.15) is 0 Å². The molecule has 0 saturated carbocycles. The molecule has 6 heteroatoms. The molecule has 0 unspecified atom stereocenters. The zero-order valence-corrected chi connectivity index (χ0v) is 17.4. The molecule has 0 saturated heterocycles. The molecule has 2 aromatic heterocycles. The third-order valence-electron chi connectivity index (χ3n) is 4.95. The predicted molar refractivity (Wildman–Crippen MR) is 119 cm³/mol. The Morgan fingerprint density at radius 3 is 2.23 bits per heavy atom. The average Bonchev–Trinajstić information content (AvgIpc) is 2.79. The molecule has 2 aromatic carbocycles. The van der Waals surface area contributed by atoms with Gasteiger partial charge in [0.15, 0.2) is 5.82 Å². The third kappa shape index (κ3) is 4.98. The highest BCUT2D eigenvalue weighted by molar-refractivity contribution is 5.34. The van der Waals surface area contributed by atoms with Crippen molar-refractivity contribution in [3.05, 3.63) is 113 Å². The normalized spacial score (nSPS) is 11.7. The Morgan fingerprint density at radius 1 is 0.871 bits per heavy atom. The van der Waals surface area contributed by atoms with Gasteiger partial charge in [0, 0.05) is 24.2 Å². The highest BCUT2D eigenvalue weighted by Crippen LogP contribution is 2.25. The van der Waals surface area contributed by atoms with Crippen molar-refractivity contribution < 1.29 is 9.47 Å². The van der Waals surface area contributed by atoms with Crippen LogP contribution in [0, 0.1) is 6.92 Å². The minimum atomic E-state index is -0.134. The second kappa shape index (κ2) is 9.26. The maximum atomic E-state index is 12.8. The Balaban J connectivity index is 1.48. The molecular formula is C25H23N3O3. The highest BCUT2D eigenvalue weighted by atomic mass is 16.5. The molecule has 0 aliphatic carbocycles. The van der Waals surface area contributed by atoms with E-state index in [1.165, 1.54) is 6.07 Å². The van der Waals surface area contributed by atoms with E-state index in [4.69, 9.17) is 9.47 Å². The lowest BCUT2D eigenvalue weighted by Gasteiger charge is -2.20. The molecule has 0 radical (unpaired) electrons. The standard InChI is InChI=1S/C25H23N3O3/c1-18-15-23(30-17-24-26-13-6-14-27-24)16-25(29)28(18)19(2)20-9-11-22(12-10-20)31-21-7-4-3-5-8-21/h3-16,19H,17H2,1-2H3/t19-/m1/s1. The molecule has 156 valence electrons. The van der Waals surface area contributed by atoms with Gasteiger partial charge in [0.25, 0.3) is 5.56 Å².